The van der Waals surface area contributed by atoms with Crippen LogP contribution in [-0.2, 0) is 42.5 Å². The summed E-state index contributed by atoms with van der Waals surface area (Å²) in [5.74, 6) is 2.05. The van der Waals surface area contributed by atoms with Gasteiger partial charge < -0.3 is 19.1 Å². The molecule has 0 radical (unpaired) electrons. The number of hydrogen-bond donors (Lipinski definition) is 1. The van der Waals surface area contributed by atoms with Crippen LogP contribution in [0.1, 0.15) is 73.2 Å². The number of aromatic amines is 1. The maximum atomic E-state index is 14.2. The summed E-state index contributed by atoms with van der Waals surface area (Å²) in [4.78, 5) is 47.9. The molecule has 0 spiro atoms. The van der Waals surface area contributed by atoms with Gasteiger partial charge in [0.05, 0.1) is 40.0 Å². The zero-order valence-corrected chi connectivity index (χ0v) is 36.4. The van der Waals surface area contributed by atoms with E-state index in [1.807, 2.05) is 27.4 Å². The number of anilines is 1. The molecule has 4 aromatic heterocycles. The molecule has 1 aromatic carbocycles. The highest BCUT2D eigenvalue weighted by atomic mass is 35.5. The minimum atomic E-state index is -0.282. The fourth-order valence-corrected chi connectivity index (χ4v) is 8.97. The minimum Gasteiger partial charge on any atom is -0.381 e. The summed E-state index contributed by atoms with van der Waals surface area (Å²) in [6.07, 6.45) is 11.9. The average molecular weight is 858 g/mol. The van der Waals surface area contributed by atoms with Crippen molar-refractivity contribution in [1.29, 1.82) is 0 Å². The fourth-order valence-electron chi connectivity index (χ4n) is 8.65. The van der Waals surface area contributed by atoms with Crippen LogP contribution >= 0.6 is 23.2 Å². The average Bonchev–Trinajstić information content (AvgIpc) is 3.67. The van der Waals surface area contributed by atoms with E-state index < -0.39 is 0 Å². The van der Waals surface area contributed by atoms with E-state index in [4.69, 9.17) is 27.9 Å². The Kier molecular flexibility index (Phi) is 12.7. The minimum absolute atomic E-state index is 0.0113. The number of H-pyrrole nitrogens is 1. The lowest BCUT2D eigenvalue weighted by atomic mass is 9.93. The van der Waals surface area contributed by atoms with Crippen LogP contribution in [0.15, 0.2) is 49.2 Å². The van der Waals surface area contributed by atoms with Crippen LogP contribution < -0.4 is 4.90 Å². The molecule has 1 amide bonds. The molecular formula is C43H54Cl2N12O3. The molecule has 2 aliphatic carbocycles. The van der Waals surface area contributed by atoms with Gasteiger partial charge in [-0.2, -0.15) is 5.10 Å². The Bertz CT molecular complexity index is 2280. The molecule has 3 unspecified atom stereocenters. The molecule has 17 heteroatoms. The fraction of sp³-hybridized carbons (Fsp3) is 0.535. The van der Waals surface area contributed by atoms with E-state index in [1.165, 1.54) is 0 Å². The highest BCUT2D eigenvalue weighted by Gasteiger charge is 2.49. The van der Waals surface area contributed by atoms with Crippen molar-refractivity contribution in [3.05, 3.63) is 87.6 Å². The first kappa shape index (κ1) is 42.0. The number of imidazole rings is 1. The molecule has 1 N–H and O–H groups in total. The quantitative estimate of drug-likeness (QED) is 0.101. The van der Waals surface area contributed by atoms with Crippen LogP contribution in [0.3, 0.4) is 0 Å². The van der Waals surface area contributed by atoms with Crippen molar-refractivity contribution in [2.45, 2.75) is 66.0 Å². The summed E-state index contributed by atoms with van der Waals surface area (Å²) in [6.45, 7) is 12.9. The van der Waals surface area contributed by atoms with Crippen LogP contribution in [0, 0.1) is 23.2 Å². The van der Waals surface area contributed by atoms with Gasteiger partial charge in [-0.25, -0.2) is 19.6 Å². The number of fused-ring (bicyclic) bond motifs is 2. The lowest BCUT2D eigenvalue weighted by Crippen LogP contribution is -2.49. The van der Waals surface area contributed by atoms with Gasteiger partial charge in [-0.15, -0.1) is 5.10 Å². The molecule has 3 aliphatic rings. The number of hydrogen-bond acceptors (Lipinski definition) is 11. The highest BCUT2D eigenvalue weighted by molar-refractivity contribution is 6.42. The number of aromatic nitrogens is 9. The van der Waals surface area contributed by atoms with E-state index in [0.29, 0.717) is 78.3 Å². The number of ether oxygens (including phenoxy) is 1. The number of nitrogens with zero attached hydrogens (tertiary/aromatic N) is 11. The van der Waals surface area contributed by atoms with Crippen LogP contribution in [0.5, 0.6) is 0 Å². The number of nitrogens with one attached hydrogen (secondary N) is 1. The third-order valence-corrected chi connectivity index (χ3v) is 12.9. The van der Waals surface area contributed by atoms with Crippen molar-refractivity contribution in [3.63, 3.8) is 0 Å². The lowest BCUT2D eigenvalue weighted by Gasteiger charge is -2.37. The number of ketones is 1. The standard InChI is InChI=1S/C43H54Cl2N12O3/c1-43(2,3)11-20-60-26-32-29-5-7-35-38(8-6-30(29)32)57(52-51-35)25-40(58)56(24-28-23-53(4)27-47-28)19-16-54-14-17-55(18-15-54)39-22-34(45)33(44)21-31(39)41(59)36-9-12-46-42(49-36)37-10-13-48-50-37/h9-10,12-13,21-23,27,29-30,32H,5-8,11,14-20,24-26H2,1-4H3,(H,48,50). The number of carbonyl (C=O) groups excluding carboxylic acids is 2. The maximum Gasteiger partial charge on any atom is 0.244 e. The Hall–Kier alpha value is -4.70. The summed E-state index contributed by atoms with van der Waals surface area (Å²) >= 11 is 13.0. The maximum absolute atomic E-state index is 14.2. The number of halogens is 2. The summed E-state index contributed by atoms with van der Waals surface area (Å²) in [6, 6.07) is 6.71. The zero-order chi connectivity index (χ0) is 42.0. The predicted octanol–water partition coefficient (Wildman–Crippen LogP) is 5.77. The predicted molar refractivity (Wildman–Crippen MR) is 229 cm³/mol. The molecule has 60 heavy (non-hydrogen) atoms. The number of piperazine rings is 1. The smallest absolute Gasteiger partial charge is 0.244 e. The van der Waals surface area contributed by atoms with Gasteiger partial charge in [0.1, 0.15) is 17.9 Å². The van der Waals surface area contributed by atoms with Crippen molar-refractivity contribution in [1.82, 2.24) is 54.5 Å². The summed E-state index contributed by atoms with van der Waals surface area (Å²) in [7, 11) is 1.93. The van der Waals surface area contributed by atoms with Gasteiger partial charge in [0, 0.05) is 89.4 Å². The monoisotopic (exact) mass is 856 g/mol. The molecule has 5 heterocycles. The van der Waals surface area contributed by atoms with Gasteiger partial charge in [-0.1, -0.05) is 49.2 Å². The molecule has 5 aromatic rings. The van der Waals surface area contributed by atoms with Crippen LogP contribution in [0.2, 0.25) is 10.0 Å². The zero-order valence-electron chi connectivity index (χ0n) is 34.9. The summed E-state index contributed by atoms with van der Waals surface area (Å²) in [5, 5.41) is 16.6. The number of rotatable bonds is 15. The van der Waals surface area contributed by atoms with E-state index in [0.717, 1.165) is 75.5 Å². The number of amides is 1. The molecule has 1 saturated carbocycles. The van der Waals surface area contributed by atoms with Crippen molar-refractivity contribution < 1.29 is 14.3 Å². The second-order valence-corrected chi connectivity index (χ2v) is 18.4. The van der Waals surface area contributed by atoms with E-state index in [-0.39, 0.29) is 34.4 Å². The third kappa shape index (κ3) is 9.91. The summed E-state index contributed by atoms with van der Waals surface area (Å²) in [5.41, 5.74) is 5.18. The normalized spacial score (nSPS) is 19.4. The van der Waals surface area contributed by atoms with E-state index in [9.17, 15) is 9.59 Å². The molecule has 15 nitrogen and oxygen atoms in total. The second kappa shape index (κ2) is 18.1. The van der Waals surface area contributed by atoms with Crippen molar-refractivity contribution >= 4 is 40.6 Å². The van der Waals surface area contributed by atoms with Crippen LogP contribution in [0.4, 0.5) is 5.69 Å². The van der Waals surface area contributed by atoms with Gasteiger partial charge >= 0.3 is 0 Å². The van der Waals surface area contributed by atoms with E-state index in [2.05, 4.69) is 66.0 Å². The number of benzene rings is 1. The lowest BCUT2D eigenvalue weighted by molar-refractivity contribution is -0.133. The highest BCUT2D eigenvalue weighted by Crippen LogP contribution is 2.53. The van der Waals surface area contributed by atoms with Crippen LogP contribution in [-0.4, -0.2) is 119 Å². The number of aryl methyl sites for hydroxylation is 2. The Labute approximate surface area is 360 Å². The second-order valence-electron chi connectivity index (χ2n) is 17.6. The third-order valence-electron chi connectivity index (χ3n) is 12.2. The molecule has 2 fully saturated rings. The molecule has 0 bridgehead atoms. The van der Waals surface area contributed by atoms with Crippen molar-refractivity contribution in [2.24, 2.45) is 30.2 Å². The van der Waals surface area contributed by atoms with Gasteiger partial charge in [-0.3, -0.25) is 19.6 Å². The Morgan fingerprint density at radius 2 is 1.78 bits per heavy atom. The molecule has 318 valence electrons. The number of carbonyl (C=O) groups is 2. The van der Waals surface area contributed by atoms with Crippen molar-refractivity contribution in [3.8, 4) is 11.5 Å². The largest absolute Gasteiger partial charge is 0.381 e. The molecule has 8 rings (SSSR count). The Balaban J connectivity index is 0.892. The first-order valence-electron chi connectivity index (χ1n) is 21.0. The Morgan fingerprint density at radius 3 is 2.52 bits per heavy atom. The topological polar surface area (TPSA) is 156 Å². The molecule has 1 aliphatic heterocycles. The first-order valence-corrected chi connectivity index (χ1v) is 21.7. The molecular weight excluding hydrogens is 803 g/mol. The van der Waals surface area contributed by atoms with E-state index in [1.54, 1.807) is 43.0 Å². The van der Waals surface area contributed by atoms with Gasteiger partial charge in [-0.05, 0) is 79.5 Å². The summed E-state index contributed by atoms with van der Waals surface area (Å²) < 4.78 is 9.88. The SMILES string of the molecule is Cn1cnc(CN(CCN2CCN(c3cc(Cl)c(Cl)cc3C(=O)c3ccnc(-c4ccn[nH]4)n3)CC2)C(=O)Cn2nnc3c2CCC2C(CC3)C2COCCC(C)(C)C)c1. The van der Waals surface area contributed by atoms with Crippen molar-refractivity contribution in [2.75, 3.05) is 57.4 Å². The Morgan fingerprint density at radius 1 is 1.00 bits per heavy atom. The van der Waals surface area contributed by atoms with Gasteiger partial charge in [0.15, 0.2) is 5.82 Å². The molecule has 1 saturated heterocycles. The van der Waals surface area contributed by atoms with Gasteiger partial charge in [0.25, 0.3) is 0 Å². The van der Waals surface area contributed by atoms with E-state index >= 15 is 0 Å². The first-order chi connectivity index (χ1) is 28.9. The van der Waals surface area contributed by atoms with Gasteiger partial charge in [0.2, 0.25) is 11.7 Å². The molecule has 3 atom stereocenters. The van der Waals surface area contributed by atoms with Crippen LogP contribution in [0.25, 0.3) is 11.5 Å².